The molecule has 4 rings (SSSR count). The number of ether oxygens (including phenoxy) is 1. The quantitative estimate of drug-likeness (QED) is 0.131. The number of hydrogen-bond acceptors (Lipinski definition) is 5. The number of allylic oxidation sites excluding steroid dienone is 1. The van der Waals surface area contributed by atoms with E-state index < -0.39 is 7.12 Å². The summed E-state index contributed by atoms with van der Waals surface area (Å²) in [6.45, 7) is 4.34. The largest absolute Gasteiger partial charge is 0.492 e. The predicted molar refractivity (Wildman–Crippen MR) is 141 cm³/mol. The van der Waals surface area contributed by atoms with Gasteiger partial charge in [-0.2, -0.15) is 0 Å². The van der Waals surface area contributed by atoms with E-state index in [1.54, 1.807) is 30.3 Å². The standard InChI is InChI=1S/C28H28BFN2O4/c1-20-26-18-23(29(34)35)8-13-27(26)32(28(20)22-6-9-24(30)10-7-22)19-21-4-11-25(12-5-21)36-17-15-31-14-2-3-16-33/h2-13,16,18,31,34-35H,14-15,17,19H2,1H3/b3-2+. The van der Waals surface area contributed by atoms with E-state index in [1.807, 2.05) is 37.3 Å². The first-order valence-corrected chi connectivity index (χ1v) is 11.8. The van der Waals surface area contributed by atoms with Gasteiger partial charge in [-0.25, -0.2) is 4.39 Å². The maximum atomic E-state index is 13.6. The lowest BCUT2D eigenvalue weighted by atomic mass is 9.79. The third-order valence-corrected chi connectivity index (χ3v) is 6.04. The molecule has 0 aliphatic heterocycles. The van der Waals surface area contributed by atoms with Crippen LogP contribution >= 0.6 is 0 Å². The van der Waals surface area contributed by atoms with Crippen molar-refractivity contribution in [1.82, 2.24) is 9.88 Å². The van der Waals surface area contributed by atoms with E-state index in [-0.39, 0.29) is 5.82 Å². The van der Waals surface area contributed by atoms with Crippen LogP contribution in [0.1, 0.15) is 11.1 Å². The molecule has 0 bridgehead atoms. The highest BCUT2D eigenvalue weighted by molar-refractivity contribution is 6.58. The van der Waals surface area contributed by atoms with E-state index in [2.05, 4.69) is 9.88 Å². The number of aromatic nitrogens is 1. The number of carbonyl (C=O) groups excluding carboxylic acids is 1. The van der Waals surface area contributed by atoms with Gasteiger partial charge in [0.2, 0.25) is 0 Å². The van der Waals surface area contributed by atoms with Crippen molar-refractivity contribution in [3.05, 3.63) is 95.8 Å². The minimum atomic E-state index is -1.55. The average Bonchev–Trinajstić information content (AvgIpc) is 3.15. The molecular weight excluding hydrogens is 458 g/mol. The lowest BCUT2D eigenvalue weighted by Crippen LogP contribution is -2.29. The maximum Gasteiger partial charge on any atom is 0.488 e. The maximum absolute atomic E-state index is 13.6. The lowest BCUT2D eigenvalue weighted by molar-refractivity contribution is -0.104. The Morgan fingerprint density at radius 3 is 2.50 bits per heavy atom. The summed E-state index contributed by atoms with van der Waals surface area (Å²) in [5.74, 6) is 0.464. The van der Waals surface area contributed by atoms with Crippen molar-refractivity contribution in [3.63, 3.8) is 0 Å². The van der Waals surface area contributed by atoms with Crippen LogP contribution in [0.3, 0.4) is 0 Å². The summed E-state index contributed by atoms with van der Waals surface area (Å²) < 4.78 is 21.6. The van der Waals surface area contributed by atoms with Crippen LogP contribution in [0.4, 0.5) is 4.39 Å². The monoisotopic (exact) mass is 486 g/mol. The normalized spacial score (nSPS) is 11.3. The second-order valence-electron chi connectivity index (χ2n) is 8.48. The van der Waals surface area contributed by atoms with E-state index in [4.69, 9.17) is 4.74 Å². The van der Waals surface area contributed by atoms with E-state index in [1.165, 1.54) is 18.2 Å². The molecular formula is C28H28BFN2O4. The number of nitrogens with one attached hydrogen (secondary N) is 1. The molecule has 0 saturated carbocycles. The van der Waals surface area contributed by atoms with Crippen molar-refractivity contribution in [2.75, 3.05) is 19.7 Å². The van der Waals surface area contributed by atoms with Crippen molar-refractivity contribution in [2.24, 2.45) is 0 Å². The highest BCUT2D eigenvalue weighted by Gasteiger charge is 2.19. The molecule has 4 aromatic rings. The summed E-state index contributed by atoms with van der Waals surface area (Å²) in [6.07, 6.45) is 3.96. The van der Waals surface area contributed by atoms with Gasteiger partial charge in [0.15, 0.2) is 0 Å². The third kappa shape index (κ3) is 5.91. The fourth-order valence-corrected chi connectivity index (χ4v) is 4.27. The van der Waals surface area contributed by atoms with Crippen LogP contribution in [-0.4, -0.2) is 47.7 Å². The second kappa shape index (κ2) is 11.8. The Bertz CT molecular complexity index is 1350. The van der Waals surface area contributed by atoms with Crippen molar-refractivity contribution < 1.29 is 24.0 Å². The molecule has 1 aromatic heterocycles. The summed E-state index contributed by atoms with van der Waals surface area (Å²) in [6, 6.07) is 19.7. The number of carbonyl (C=O) groups is 1. The predicted octanol–water partition coefficient (Wildman–Crippen LogP) is 3.21. The first-order chi connectivity index (χ1) is 17.5. The minimum absolute atomic E-state index is 0.298. The van der Waals surface area contributed by atoms with Gasteiger partial charge in [0, 0.05) is 30.5 Å². The van der Waals surface area contributed by atoms with E-state index >= 15 is 0 Å². The summed E-state index contributed by atoms with van der Waals surface area (Å²) in [5.41, 5.74) is 5.24. The van der Waals surface area contributed by atoms with E-state index in [0.717, 1.165) is 45.3 Å². The first kappa shape index (κ1) is 25.4. The van der Waals surface area contributed by atoms with E-state index in [0.29, 0.717) is 31.7 Å². The van der Waals surface area contributed by atoms with Gasteiger partial charge in [0.25, 0.3) is 0 Å². The third-order valence-electron chi connectivity index (χ3n) is 6.04. The molecule has 0 fully saturated rings. The van der Waals surface area contributed by atoms with Crippen LogP contribution in [0.5, 0.6) is 5.75 Å². The number of rotatable bonds is 11. The van der Waals surface area contributed by atoms with Crippen LogP contribution in [0.25, 0.3) is 22.2 Å². The summed E-state index contributed by atoms with van der Waals surface area (Å²) in [7, 11) is -1.55. The van der Waals surface area contributed by atoms with Crippen molar-refractivity contribution in [3.8, 4) is 17.0 Å². The Balaban J connectivity index is 1.57. The zero-order valence-corrected chi connectivity index (χ0v) is 20.0. The number of benzene rings is 3. The van der Waals surface area contributed by atoms with Gasteiger partial charge in [-0.3, -0.25) is 4.79 Å². The topological polar surface area (TPSA) is 83.7 Å². The van der Waals surface area contributed by atoms with Gasteiger partial charge in [-0.15, -0.1) is 0 Å². The van der Waals surface area contributed by atoms with Crippen LogP contribution in [0.15, 0.2) is 78.9 Å². The highest BCUT2D eigenvalue weighted by Crippen LogP contribution is 2.34. The van der Waals surface area contributed by atoms with Crippen LogP contribution in [0.2, 0.25) is 0 Å². The van der Waals surface area contributed by atoms with E-state index in [9.17, 15) is 19.2 Å². The Morgan fingerprint density at radius 2 is 1.81 bits per heavy atom. The van der Waals surface area contributed by atoms with Crippen LogP contribution in [0, 0.1) is 12.7 Å². The molecule has 3 N–H and O–H groups in total. The zero-order valence-electron chi connectivity index (χ0n) is 20.0. The number of aryl methyl sites for hydroxylation is 1. The Labute approximate surface area is 209 Å². The fraction of sp³-hybridized carbons (Fsp3) is 0.179. The molecule has 0 amide bonds. The highest BCUT2D eigenvalue weighted by atomic mass is 19.1. The molecule has 3 aromatic carbocycles. The molecule has 0 aliphatic carbocycles. The Kier molecular flexibility index (Phi) is 8.33. The molecule has 0 aliphatic rings. The van der Waals surface area contributed by atoms with Crippen molar-refractivity contribution in [2.45, 2.75) is 13.5 Å². The molecule has 36 heavy (non-hydrogen) atoms. The molecule has 8 heteroatoms. The number of hydrogen-bond donors (Lipinski definition) is 3. The van der Waals surface area contributed by atoms with Gasteiger partial charge in [0.05, 0.1) is 5.69 Å². The molecule has 0 atom stereocenters. The molecule has 6 nitrogen and oxygen atoms in total. The Hall–Kier alpha value is -3.72. The fourth-order valence-electron chi connectivity index (χ4n) is 4.27. The SMILES string of the molecule is Cc1c(-c2ccc(F)cc2)n(Cc2ccc(OCCNC/C=C/C=O)cc2)c2ccc(B(O)O)cc12. The molecule has 0 radical (unpaired) electrons. The van der Waals surface area contributed by atoms with Crippen molar-refractivity contribution in [1.29, 1.82) is 0 Å². The Morgan fingerprint density at radius 1 is 1.06 bits per heavy atom. The van der Waals surface area contributed by atoms with Gasteiger partial charge < -0.3 is 24.7 Å². The van der Waals surface area contributed by atoms with Gasteiger partial charge in [-0.05, 0) is 77.6 Å². The van der Waals surface area contributed by atoms with Gasteiger partial charge >= 0.3 is 7.12 Å². The first-order valence-electron chi connectivity index (χ1n) is 11.8. The summed E-state index contributed by atoms with van der Waals surface area (Å²) in [4.78, 5) is 10.3. The summed E-state index contributed by atoms with van der Waals surface area (Å²) in [5, 5.41) is 23.4. The average molecular weight is 486 g/mol. The number of nitrogens with zero attached hydrogens (tertiary/aromatic N) is 1. The second-order valence-corrected chi connectivity index (χ2v) is 8.48. The molecule has 0 saturated heterocycles. The van der Waals surface area contributed by atoms with Gasteiger partial charge in [0.1, 0.15) is 24.5 Å². The van der Waals surface area contributed by atoms with Crippen LogP contribution < -0.4 is 15.5 Å². The smallest absolute Gasteiger partial charge is 0.488 e. The minimum Gasteiger partial charge on any atom is -0.492 e. The molecule has 0 spiro atoms. The number of aldehydes is 1. The lowest BCUT2D eigenvalue weighted by Gasteiger charge is -2.13. The number of fused-ring (bicyclic) bond motifs is 1. The molecule has 1 heterocycles. The summed E-state index contributed by atoms with van der Waals surface area (Å²) >= 11 is 0. The molecule has 184 valence electrons. The van der Waals surface area contributed by atoms with Crippen molar-refractivity contribution >= 4 is 29.8 Å². The zero-order chi connectivity index (χ0) is 25.5. The number of halogens is 1. The van der Waals surface area contributed by atoms with Crippen LogP contribution in [-0.2, 0) is 11.3 Å². The van der Waals surface area contributed by atoms with Gasteiger partial charge in [-0.1, -0.05) is 30.3 Å². The molecule has 0 unspecified atom stereocenters.